The molecule has 1 aromatic carbocycles. The van der Waals surface area contributed by atoms with Gasteiger partial charge in [-0.1, -0.05) is 36.8 Å². The van der Waals surface area contributed by atoms with Gasteiger partial charge in [0, 0.05) is 6.92 Å². The molecular weight excluding hydrogens is 386 g/mol. The van der Waals surface area contributed by atoms with Crippen molar-refractivity contribution in [3.63, 3.8) is 0 Å². The number of carbonyl (C=O) groups excluding carboxylic acids is 1. The van der Waals surface area contributed by atoms with Crippen LogP contribution in [0, 0.1) is 0 Å². The molecule has 1 saturated carbocycles. The number of carbonyl (C=O) groups is 1. The summed E-state index contributed by atoms with van der Waals surface area (Å²) in [5.74, 6) is 2.71. The Labute approximate surface area is 178 Å². The maximum Gasteiger partial charge on any atom is 0.351 e. The van der Waals surface area contributed by atoms with Crippen LogP contribution in [-0.2, 0) is 11.4 Å². The Hall–Kier alpha value is -2.37. The molecule has 0 saturated heterocycles. The van der Waals surface area contributed by atoms with E-state index in [9.17, 15) is 4.79 Å². The normalized spacial score (nSPS) is 18.8. The number of allylic oxidation sites excluding steroid dienone is 1. The van der Waals surface area contributed by atoms with Crippen LogP contribution in [-0.4, -0.2) is 11.9 Å². The molecule has 1 atom stereocenters. The third-order valence-electron chi connectivity index (χ3n) is 5.70. The molecule has 1 fully saturated rings. The second-order valence-electron chi connectivity index (χ2n) is 7.75. The fourth-order valence-corrected chi connectivity index (χ4v) is 4.30. The minimum absolute atomic E-state index is 0. The highest BCUT2D eigenvalue weighted by atomic mass is 35.5. The predicted octanol–water partition coefficient (Wildman–Crippen LogP) is -0.298. The molecule has 0 spiro atoms. The SMILES string of the molecule is CC(=O)[NH+]1C(C)=C(NC2CCCCC2)[n+]2cccc(OCc3ccccc3)c21.[Cl-]. The van der Waals surface area contributed by atoms with E-state index in [2.05, 4.69) is 9.88 Å². The van der Waals surface area contributed by atoms with E-state index in [1.54, 1.807) is 6.92 Å². The van der Waals surface area contributed by atoms with Gasteiger partial charge in [0.05, 0.1) is 13.0 Å². The molecule has 29 heavy (non-hydrogen) atoms. The van der Waals surface area contributed by atoms with Crippen LogP contribution in [0.5, 0.6) is 5.75 Å². The van der Waals surface area contributed by atoms with Crippen molar-refractivity contribution < 1.29 is 31.4 Å². The zero-order chi connectivity index (χ0) is 19.5. The Bertz CT molecular complexity index is 892. The first-order valence-corrected chi connectivity index (χ1v) is 10.2. The molecule has 0 radical (unpaired) electrons. The summed E-state index contributed by atoms with van der Waals surface area (Å²) in [5, 5.41) is 3.72. The summed E-state index contributed by atoms with van der Waals surface area (Å²) in [5.41, 5.74) is 2.12. The van der Waals surface area contributed by atoms with Crippen LogP contribution >= 0.6 is 0 Å². The van der Waals surface area contributed by atoms with E-state index in [-0.39, 0.29) is 18.3 Å². The van der Waals surface area contributed by atoms with Gasteiger partial charge in [-0.15, -0.1) is 4.57 Å². The van der Waals surface area contributed by atoms with Gasteiger partial charge in [-0.25, -0.2) is 4.79 Å². The van der Waals surface area contributed by atoms with E-state index in [0.29, 0.717) is 12.6 Å². The Morgan fingerprint density at radius 2 is 1.86 bits per heavy atom. The van der Waals surface area contributed by atoms with Crippen LogP contribution in [0.1, 0.15) is 51.5 Å². The molecule has 2 heterocycles. The quantitative estimate of drug-likeness (QED) is 0.660. The van der Waals surface area contributed by atoms with Crippen LogP contribution in [0.4, 0.5) is 5.82 Å². The molecule has 4 rings (SSSR count). The highest BCUT2D eigenvalue weighted by Gasteiger charge is 2.44. The number of rotatable bonds is 5. The molecule has 1 aliphatic carbocycles. The summed E-state index contributed by atoms with van der Waals surface area (Å²) in [4.78, 5) is 13.3. The van der Waals surface area contributed by atoms with Gasteiger partial charge in [0.25, 0.3) is 0 Å². The minimum Gasteiger partial charge on any atom is -1.00 e. The Balaban J connectivity index is 0.00000240. The molecule has 2 aliphatic rings. The number of amides is 1. The third-order valence-corrected chi connectivity index (χ3v) is 5.70. The summed E-state index contributed by atoms with van der Waals surface area (Å²) in [6.07, 6.45) is 8.26. The number of halogens is 1. The molecule has 6 heteroatoms. The molecule has 1 aromatic heterocycles. The molecule has 2 aromatic rings. The maximum atomic E-state index is 12.5. The summed E-state index contributed by atoms with van der Waals surface area (Å²) in [6.45, 7) is 4.16. The van der Waals surface area contributed by atoms with Crippen molar-refractivity contribution in [2.24, 2.45) is 0 Å². The van der Waals surface area contributed by atoms with E-state index in [0.717, 1.165) is 33.5 Å². The number of pyridine rings is 1. The lowest BCUT2D eigenvalue weighted by Gasteiger charge is -2.19. The van der Waals surface area contributed by atoms with E-state index in [1.807, 2.05) is 55.6 Å². The van der Waals surface area contributed by atoms with Gasteiger partial charge >= 0.3 is 17.5 Å². The summed E-state index contributed by atoms with van der Waals surface area (Å²) in [6, 6.07) is 14.5. The number of nitrogens with one attached hydrogen (secondary N) is 2. The monoisotopic (exact) mass is 414 g/mol. The second kappa shape index (κ2) is 9.42. The van der Waals surface area contributed by atoms with Crippen LogP contribution in [0.25, 0.3) is 5.82 Å². The van der Waals surface area contributed by atoms with Crippen LogP contribution < -0.4 is 31.9 Å². The minimum atomic E-state index is 0. The fraction of sp³-hybridized carbons (Fsp3) is 0.391. The van der Waals surface area contributed by atoms with Crippen molar-refractivity contribution in [1.29, 1.82) is 0 Å². The number of nitrogens with zero attached hydrogens (tertiary/aromatic N) is 1. The van der Waals surface area contributed by atoms with Gasteiger partial charge in [0.15, 0.2) is 0 Å². The van der Waals surface area contributed by atoms with Crippen LogP contribution in [0.2, 0.25) is 0 Å². The zero-order valence-corrected chi connectivity index (χ0v) is 17.8. The van der Waals surface area contributed by atoms with E-state index in [4.69, 9.17) is 4.74 Å². The van der Waals surface area contributed by atoms with Crippen molar-refractivity contribution >= 4 is 17.5 Å². The van der Waals surface area contributed by atoms with Gasteiger partial charge in [-0.05, 0) is 43.4 Å². The molecule has 0 bridgehead atoms. The lowest BCUT2D eigenvalue weighted by Crippen LogP contribution is -3.07. The predicted molar refractivity (Wildman–Crippen MR) is 108 cm³/mol. The van der Waals surface area contributed by atoms with E-state index < -0.39 is 0 Å². The highest BCUT2D eigenvalue weighted by molar-refractivity contribution is 5.69. The lowest BCUT2D eigenvalue weighted by molar-refractivity contribution is -0.762. The smallest absolute Gasteiger partial charge is 0.351 e. The molecule has 1 aliphatic heterocycles. The van der Waals surface area contributed by atoms with Crippen LogP contribution in [0.15, 0.2) is 54.4 Å². The van der Waals surface area contributed by atoms with Crippen molar-refractivity contribution in [2.75, 3.05) is 0 Å². The summed E-state index contributed by atoms with van der Waals surface area (Å²) < 4.78 is 8.25. The maximum absolute atomic E-state index is 12.5. The zero-order valence-electron chi connectivity index (χ0n) is 17.1. The number of aromatic nitrogens is 1. The first-order chi connectivity index (χ1) is 13.6. The molecular formula is C23H29ClN3O2+. The van der Waals surface area contributed by atoms with E-state index in [1.165, 1.54) is 32.1 Å². The van der Waals surface area contributed by atoms with Gasteiger partial charge in [0.2, 0.25) is 11.4 Å². The first-order valence-electron chi connectivity index (χ1n) is 10.2. The Kier molecular flexibility index (Phi) is 6.93. The van der Waals surface area contributed by atoms with Crippen molar-refractivity contribution in [3.8, 4) is 5.75 Å². The number of hydrogen-bond acceptors (Lipinski definition) is 3. The number of ether oxygens (including phenoxy) is 1. The standard InChI is InChI=1S/C23H28N3O2.ClH/c1-17-22(24-20-12-7-4-8-13-20)25-15-9-14-21(23(25)26(17)18(2)27)28-16-19-10-5-3-6-11-19;/h3,5-6,9-11,14-15,20,24H,4,7-8,12-13,16H2,1-2H3;1H/q+1;. The number of fused-ring (bicyclic) bond motifs is 1. The number of quaternary nitrogens is 1. The lowest BCUT2D eigenvalue weighted by atomic mass is 9.95. The van der Waals surface area contributed by atoms with E-state index >= 15 is 0 Å². The average Bonchev–Trinajstić information content (AvgIpc) is 3.00. The number of hydrogen-bond donors (Lipinski definition) is 2. The Morgan fingerprint density at radius 1 is 1.14 bits per heavy atom. The fourth-order valence-electron chi connectivity index (χ4n) is 4.30. The summed E-state index contributed by atoms with van der Waals surface area (Å²) in [7, 11) is 0. The third kappa shape index (κ3) is 4.46. The van der Waals surface area contributed by atoms with Crippen molar-refractivity contribution in [2.45, 2.75) is 58.6 Å². The summed E-state index contributed by atoms with van der Waals surface area (Å²) >= 11 is 0. The van der Waals surface area contributed by atoms with Crippen molar-refractivity contribution in [3.05, 3.63) is 59.9 Å². The Morgan fingerprint density at radius 3 is 2.55 bits per heavy atom. The first kappa shape index (κ1) is 21.3. The van der Waals surface area contributed by atoms with Crippen molar-refractivity contribution in [1.82, 2.24) is 5.32 Å². The second-order valence-corrected chi connectivity index (χ2v) is 7.75. The van der Waals surface area contributed by atoms with Gasteiger partial charge in [-0.2, -0.15) is 4.90 Å². The molecule has 5 nitrogen and oxygen atoms in total. The molecule has 1 unspecified atom stereocenters. The average molecular weight is 415 g/mol. The molecule has 1 amide bonds. The molecule has 154 valence electrons. The van der Waals surface area contributed by atoms with Gasteiger partial charge in [-0.3, -0.25) is 5.32 Å². The molecule has 2 N–H and O–H groups in total. The van der Waals surface area contributed by atoms with Gasteiger partial charge in [0.1, 0.15) is 12.8 Å². The highest BCUT2D eigenvalue weighted by Crippen LogP contribution is 2.25. The topological polar surface area (TPSA) is 46.7 Å². The largest absolute Gasteiger partial charge is 1.00 e. The van der Waals surface area contributed by atoms with Gasteiger partial charge < -0.3 is 17.1 Å². The van der Waals surface area contributed by atoms with Crippen LogP contribution in [0.3, 0.4) is 0 Å². The number of benzene rings is 1.